The fourth-order valence-corrected chi connectivity index (χ4v) is 6.94. The van der Waals surface area contributed by atoms with Gasteiger partial charge in [-0.05, 0) is 62.2 Å². The zero-order chi connectivity index (χ0) is 41.2. The topological polar surface area (TPSA) is 258 Å². The zero-order valence-electron chi connectivity index (χ0n) is 30.8. The number of fused-ring (bicyclic) bond motifs is 2. The second kappa shape index (κ2) is 13.9. The van der Waals surface area contributed by atoms with Crippen LogP contribution in [0.5, 0.6) is 17.2 Å². The van der Waals surface area contributed by atoms with Gasteiger partial charge in [0, 0.05) is 17.5 Å². The Morgan fingerprint density at radius 1 is 0.965 bits per heavy atom. The van der Waals surface area contributed by atoms with E-state index >= 15 is 0 Å². The van der Waals surface area contributed by atoms with E-state index in [0.717, 1.165) is 0 Å². The number of hydrogen-bond donors (Lipinski definition) is 5. The van der Waals surface area contributed by atoms with Gasteiger partial charge < -0.3 is 44.6 Å². The number of anilines is 1. The number of pyridine rings is 1. The van der Waals surface area contributed by atoms with Gasteiger partial charge in [-0.1, -0.05) is 19.1 Å². The van der Waals surface area contributed by atoms with Gasteiger partial charge in [0.25, 0.3) is 5.91 Å². The molecule has 5 N–H and O–H groups in total. The van der Waals surface area contributed by atoms with Gasteiger partial charge in [0.1, 0.15) is 40.3 Å². The van der Waals surface area contributed by atoms with Crippen LogP contribution in [-0.2, 0) is 14.3 Å². The molecule has 2 aliphatic heterocycles. The molecular formula is C40H33N3O14. The van der Waals surface area contributed by atoms with Crippen LogP contribution in [0.15, 0.2) is 74.8 Å². The average Bonchev–Trinajstić information content (AvgIpc) is 3.19. The summed E-state index contributed by atoms with van der Waals surface area (Å²) in [7, 11) is 1.40. The van der Waals surface area contributed by atoms with Gasteiger partial charge in [-0.25, -0.2) is 14.6 Å². The Balaban J connectivity index is 1.22. The number of aromatic hydroxyl groups is 2. The lowest BCUT2D eigenvalue weighted by Gasteiger charge is -2.39. The molecule has 292 valence electrons. The summed E-state index contributed by atoms with van der Waals surface area (Å²) < 4.78 is 21.9. The van der Waals surface area contributed by atoms with Crippen LogP contribution in [0.3, 0.4) is 0 Å². The minimum Gasteiger partial charge on any atom is -0.507 e. The predicted octanol–water partition coefficient (Wildman–Crippen LogP) is 3.07. The number of phenols is 1. The number of methoxy groups -OCH3 is 1. The Bertz CT molecular complexity index is 2640. The van der Waals surface area contributed by atoms with Crippen molar-refractivity contribution in [3.63, 3.8) is 0 Å². The largest absolute Gasteiger partial charge is 0.507 e. The average molecular weight is 780 g/mol. The van der Waals surface area contributed by atoms with Crippen molar-refractivity contribution in [2.24, 2.45) is 5.92 Å². The normalized spacial score (nSPS) is 22.7. The number of phenolic OH excluding ortho intramolecular Hbond substituents is 1. The SMILES string of the molecule is COc1ccc2c(O)c(NC(=O)c3cccc(C(=O)OC4[C@H](O)C(=O)[C@]5(C)CNC6=C(O5)C(=O)c5c(cc(C)c(O)c5C(=O)/C(C)=C/[C@@H]4C)C6=O)n3)c(=O)oc2c1. The number of aliphatic hydroxyl groups is 1. The van der Waals surface area contributed by atoms with Crippen LogP contribution in [0.1, 0.15) is 78.4 Å². The number of carbonyl (C=O) groups excluding carboxylic acids is 6. The number of hydrogen-bond acceptors (Lipinski definition) is 16. The maximum absolute atomic E-state index is 14.1. The summed E-state index contributed by atoms with van der Waals surface area (Å²) in [5.41, 5.74) is -5.93. The molecule has 1 aliphatic carbocycles. The van der Waals surface area contributed by atoms with Crippen LogP contribution in [0, 0.1) is 12.8 Å². The number of ether oxygens (including phenoxy) is 3. The van der Waals surface area contributed by atoms with Crippen molar-refractivity contribution in [3.8, 4) is 17.2 Å². The number of rotatable bonds is 5. The molecule has 57 heavy (non-hydrogen) atoms. The lowest BCUT2D eigenvalue weighted by Crippen LogP contribution is -2.59. The highest BCUT2D eigenvalue weighted by molar-refractivity contribution is 6.31. The molecule has 17 heteroatoms. The molecule has 7 rings (SSSR count). The molecule has 0 saturated carbocycles. The zero-order valence-corrected chi connectivity index (χ0v) is 30.8. The van der Waals surface area contributed by atoms with Crippen molar-refractivity contribution in [2.75, 3.05) is 19.0 Å². The number of ketones is 4. The lowest BCUT2D eigenvalue weighted by molar-refractivity contribution is -0.154. The number of aryl methyl sites for hydroxylation is 1. The van der Waals surface area contributed by atoms with Crippen molar-refractivity contribution in [1.82, 2.24) is 10.3 Å². The Hall–Kier alpha value is -7.14. The molecule has 17 nitrogen and oxygen atoms in total. The van der Waals surface area contributed by atoms with E-state index < -0.39 is 116 Å². The highest BCUT2D eigenvalue weighted by Crippen LogP contribution is 2.40. The van der Waals surface area contributed by atoms with Gasteiger partial charge in [-0.15, -0.1) is 0 Å². The van der Waals surface area contributed by atoms with Gasteiger partial charge in [0.15, 0.2) is 34.7 Å². The van der Waals surface area contributed by atoms with Gasteiger partial charge >= 0.3 is 11.6 Å². The fraction of sp³-hybridized carbons (Fsp3) is 0.250. The Kier molecular flexibility index (Phi) is 9.28. The number of aromatic nitrogens is 1. The minimum absolute atomic E-state index is 0.0132. The molecule has 4 atom stereocenters. The maximum Gasteiger partial charge on any atom is 0.364 e. The van der Waals surface area contributed by atoms with Crippen molar-refractivity contribution < 1.29 is 62.7 Å². The molecule has 4 aromatic rings. The predicted molar refractivity (Wildman–Crippen MR) is 196 cm³/mol. The van der Waals surface area contributed by atoms with Gasteiger partial charge in [0.2, 0.25) is 17.3 Å². The second-order valence-corrected chi connectivity index (χ2v) is 13.9. The first-order valence-electron chi connectivity index (χ1n) is 17.4. The van der Waals surface area contributed by atoms with E-state index in [-0.39, 0.29) is 33.4 Å². The second-order valence-electron chi connectivity index (χ2n) is 13.9. The summed E-state index contributed by atoms with van der Waals surface area (Å²) >= 11 is 0. The van der Waals surface area contributed by atoms with E-state index in [2.05, 4.69) is 15.6 Å². The number of esters is 1. The molecule has 0 radical (unpaired) electrons. The summed E-state index contributed by atoms with van der Waals surface area (Å²) in [6, 6.07) is 9.18. The molecule has 1 amide bonds. The van der Waals surface area contributed by atoms with E-state index in [1.54, 1.807) is 0 Å². The first-order valence-corrected chi connectivity index (χ1v) is 17.4. The first-order chi connectivity index (χ1) is 26.9. The smallest absolute Gasteiger partial charge is 0.364 e. The number of Topliss-reactive ketones (excluding diaryl/α,β-unsaturated/α-hetero) is 4. The van der Waals surface area contributed by atoms with Gasteiger partial charge in [-0.3, -0.25) is 24.0 Å². The summed E-state index contributed by atoms with van der Waals surface area (Å²) in [5, 5.41) is 38.5. The highest BCUT2D eigenvalue weighted by Gasteiger charge is 2.51. The Labute approximate surface area is 321 Å². The number of aliphatic hydroxyl groups excluding tert-OH is 1. The summed E-state index contributed by atoms with van der Waals surface area (Å²) in [4.78, 5) is 99.3. The van der Waals surface area contributed by atoms with E-state index in [0.29, 0.717) is 5.75 Å². The Morgan fingerprint density at radius 2 is 1.68 bits per heavy atom. The van der Waals surface area contributed by atoms with Crippen LogP contribution >= 0.6 is 0 Å². The molecule has 2 aromatic carbocycles. The third-order valence-corrected chi connectivity index (χ3v) is 10.0. The minimum atomic E-state index is -2.16. The third-order valence-electron chi connectivity index (χ3n) is 10.0. The molecule has 3 aliphatic rings. The summed E-state index contributed by atoms with van der Waals surface area (Å²) in [5.74, 6) is -8.39. The molecule has 0 spiro atoms. The van der Waals surface area contributed by atoms with Crippen LogP contribution < -0.4 is 21.0 Å². The Morgan fingerprint density at radius 3 is 2.40 bits per heavy atom. The molecule has 0 fully saturated rings. The van der Waals surface area contributed by atoms with Crippen LogP contribution in [0.4, 0.5) is 5.69 Å². The third kappa shape index (κ3) is 6.27. The number of allylic oxidation sites excluding steroid dienone is 3. The molecule has 2 aromatic heterocycles. The van der Waals surface area contributed by atoms with Crippen LogP contribution in [0.25, 0.3) is 11.0 Å². The summed E-state index contributed by atoms with van der Waals surface area (Å²) in [6.45, 7) is 5.07. The lowest BCUT2D eigenvalue weighted by atomic mass is 9.82. The van der Waals surface area contributed by atoms with E-state index in [1.807, 2.05) is 0 Å². The number of carbonyl (C=O) groups is 6. The summed E-state index contributed by atoms with van der Waals surface area (Å²) in [6.07, 6.45) is -2.64. The quantitative estimate of drug-likeness (QED) is 0.144. The molecule has 4 heterocycles. The maximum atomic E-state index is 14.1. The van der Waals surface area contributed by atoms with Gasteiger partial charge in [0.05, 0.1) is 30.2 Å². The van der Waals surface area contributed by atoms with Crippen molar-refractivity contribution in [3.05, 3.63) is 110 Å². The number of amides is 1. The molecular weight excluding hydrogens is 746 g/mol. The van der Waals surface area contributed by atoms with E-state index in [1.165, 1.54) is 83.3 Å². The fourth-order valence-electron chi connectivity index (χ4n) is 6.94. The molecule has 3 bridgehead atoms. The monoisotopic (exact) mass is 779 g/mol. The van der Waals surface area contributed by atoms with E-state index in [9.17, 15) is 48.9 Å². The number of nitrogens with one attached hydrogen (secondary N) is 2. The molecule has 0 saturated heterocycles. The first kappa shape index (κ1) is 38.1. The number of benzene rings is 2. The van der Waals surface area contributed by atoms with Crippen LogP contribution in [0.2, 0.25) is 0 Å². The van der Waals surface area contributed by atoms with Crippen LogP contribution in [-0.4, -0.2) is 86.8 Å². The highest BCUT2D eigenvalue weighted by atomic mass is 16.6. The van der Waals surface area contributed by atoms with E-state index in [4.69, 9.17) is 18.6 Å². The number of nitrogens with zero attached hydrogens (tertiary/aromatic N) is 1. The standard InChI is InChI=1S/C40H33N3O14/c1-15-11-17(3)34(33(49)36(50)40(4)14-41-26-31(47)20-12-16(2)29(45)25(28(15)44)24(20)32(48)35(26)57-40)56-38(52)22-8-6-7-21(42-22)37(51)43-27-30(46)19-10-9-18(54-5)13-23(19)55-39(27)53/h6-13,17,33-34,41,45-46,49H,14H2,1-5H3,(H,43,51)/b15-11+/t17-,33-,34?,40-/m0/s1. The molecule has 1 unspecified atom stereocenters. The van der Waals surface area contributed by atoms with Crippen molar-refractivity contribution in [2.45, 2.75) is 45.5 Å². The van der Waals surface area contributed by atoms with Crippen molar-refractivity contribution >= 4 is 51.7 Å². The van der Waals surface area contributed by atoms with Gasteiger partial charge in [-0.2, -0.15) is 0 Å². The van der Waals surface area contributed by atoms with Crippen molar-refractivity contribution in [1.29, 1.82) is 0 Å².